The standard InChI is InChI=1S/C12H11F7N2O6/c13-10(14,11(15,16)12(17,18)19)3-1-21(9(26)20-7(3)25)8-6(24)5(23)4(2-22)27-8/h1,4-6,8,22-24H,2H2,(H,20,25,26). The molecule has 2 heterocycles. The second-order valence-corrected chi connectivity index (χ2v) is 5.58. The van der Waals surface area contributed by atoms with Crippen molar-refractivity contribution in [3.63, 3.8) is 0 Å². The molecule has 8 nitrogen and oxygen atoms in total. The van der Waals surface area contributed by atoms with Crippen LogP contribution in [0.1, 0.15) is 11.8 Å². The van der Waals surface area contributed by atoms with Gasteiger partial charge in [0.15, 0.2) is 6.23 Å². The minimum atomic E-state index is -6.73. The van der Waals surface area contributed by atoms with Crippen LogP contribution in [0.25, 0.3) is 0 Å². The second-order valence-electron chi connectivity index (χ2n) is 5.58. The Kier molecular flexibility index (Phi) is 5.19. The van der Waals surface area contributed by atoms with E-state index in [1.165, 1.54) is 0 Å². The number of nitrogens with one attached hydrogen (secondary N) is 1. The lowest BCUT2D eigenvalue weighted by Crippen LogP contribution is -2.53. The SMILES string of the molecule is O=c1[nH]c(=O)n(C2OC(CO)C(O)C2O)cc1C(F)(F)C(F)(F)C(F)(F)F. The van der Waals surface area contributed by atoms with Gasteiger partial charge in [0, 0.05) is 6.20 Å². The summed E-state index contributed by atoms with van der Waals surface area (Å²) in [6.45, 7) is -0.915. The lowest BCUT2D eigenvalue weighted by molar-refractivity contribution is -0.360. The third kappa shape index (κ3) is 3.24. The summed E-state index contributed by atoms with van der Waals surface area (Å²) in [7, 11) is 0. The number of nitrogens with zero attached hydrogens (tertiary/aromatic N) is 1. The Bertz CT molecular complexity index is 820. The Morgan fingerprint density at radius 1 is 1.07 bits per heavy atom. The average Bonchev–Trinajstić information content (AvgIpc) is 2.81. The zero-order chi connectivity index (χ0) is 20.9. The van der Waals surface area contributed by atoms with Crippen LogP contribution < -0.4 is 11.2 Å². The largest absolute Gasteiger partial charge is 0.460 e. The van der Waals surface area contributed by atoms with E-state index >= 15 is 0 Å². The molecule has 0 aromatic carbocycles. The van der Waals surface area contributed by atoms with Crippen molar-refractivity contribution < 1.29 is 50.8 Å². The van der Waals surface area contributed by atoms with Gasteiger partial charge >= 0.3 is 23.7 Å². The van der Waals surface area contributed by atoms with Gasteiger partial charge in [-0.3, -0.25) is 14.3 Å². The van der Waals surface area contributed by atoms with Gasteiger partial charge in [0.2, 0.25) is 0 Å². The van der Waals surface area contributed by atoms with E-state index in [9.17, 15) is 50.5 Å². The molecule has 1 aliphatic heterocycles. The highest BCUT2D eigenvalue weighted by atomic mass is 19.4. The molecular weight excluding hydrogens is 401 g/mol. The number of alkyl halides is 7. The van der Waals surface area contributed by atoms with Gasteiger partial charge < -0.3 is 20.1 Å². The van der Waals surface area contributed by atoms with Crippen molar-refractivity contribution >= 4 is 0 Å². The van der Waals surface area contributed by atoms with E-state index in [2.05, 4.69) is 0 Å². The molecule has 27 heavy (non-hydrogen) atoms. The molecule has 0 saturated carbocycles. The van der Waals surface area contributed by atoms with Gasteiger partial charge in [0.1, 0.15) is 23.9 Å². The number of aliphatic hydroxyl groups excluding tert-OH is 3. The summed E-state index contributed by atoms with van der Waals surface area (Å²) >= 11 is 0. The van der Waals surface area contributed by atoms with Crippen molar-refractivity contribution in [2.45, 2.75) is 42.6 Å². The van der Waals surface area contributed by atoms with Gasteiger partial charge in [0.25, 0.3) is 5.56 Å². The van der Waals surface area contributed by atoms with Gasteiger partial charge in [0.05, 0.1) is 6.61 Å². The zero-order valence-electron chi connectivity index (χ0n) is 12.8. The van der Waals surface area contributed by atoms with Crippen molar-refractivity contribution in [3.8, 4) is 0 Å². The van der Waals surface area contributed by atoms with Crippen molar-refractivity contribution in [3.05, 3.63) is 32.6 Å². The molecule has 1 aromatic heterocycles. The fourth-order valence-electron chi connectivity index (χ4n) is 2.36. The number of hydrogen-bond acceptors (Lipinski definition) is 6. The van der Waals surface area contributed by atoms with Crippen LogP contribution in [0.5, 0.6) is 0 Å². The minimum Gasteiger partial charge on any atom is -0.394 e. The molecule has 0 bridgehead atoms. The smallest absolute Gasteiger partial charge is 0.394 e. The van der Waals surface area contributed by atoms with E-state index in [0.29, 0.717) is 0 Å². The quantitative estimate of drug-likeness (QED) is 0.492. The Morgan fingerprint density at radius 2 is 1.63 bits per heavy atom. The van der Waals surface area contributed by atoms with Gasteiger partial charge in [-0.05, 0) is 0 Å². The predicted molar refractivity (Wildman–Crippen MR) is 69.2 cm³/mol. The third-order valence-electron chi connectivity index (χ3n) is 3.85. The predicted octanol–water partition coefficient (Wildman–Crippen LogP) is -0.562. The lowest BCUT2D eigenvalue weighted by Gasteiger charge is -2.28. The van der Waals surface area contributed by atoms with E-state index < -0.39 is 66.0 Å². The Balaban J connectivity index is 2.61. The summed E-state index contributed by atoms with van der Waals surface area (Å²) in [4.78, 5) is 24.3. The van der Waals surface area contributed by atoms with E-state index in [0.717, 1.165) is 4.98 Å². The zero-order valence-corrected chi connectivity index (χ0v) is 12.8. The molecule has 1 aliphatic rings. The molecule has 4 unspecified atom stereocenters. The van der Waals surface area contributed by atoms with Crippen LogP contribution in [-0.4, -0.2) is 61.9 Å². The first-order valence-corrected chi connectivity index (χ1v) is 6.97. The van der Waals surface area contributed by atoms with Crippen LogP contribution >= 0.6 is 0 Å². The van der Waals surface area contributed by atoms with Crippen LogP contribution in [0.4, 0.5) is 30.7 Å². The van der Waals surface area contributed by atoms with E-state index in [1.54, 1.807) is 0 Å². The maximum atomic E-state index is 13.8. The number of aliphatic hydroxyl groups is 3. The van der Waals surface area contributed by atoms with Crippen molar-refractivity contribution in [1.82, 2.24) is 9.55 Å². The van der Waals surface area contributed by atoms with E-state index in [4.69, 9.17) is 9.84 Å². The molecular formula is C12H11F7N2O6. The summed E-state index contributed by atoms with van der Waals surface area (Å²) in [5.74, 6) is -12.8. The average molecular weight is 412 g/mol. The molecule has 154 valence electrons. The van der Waals surface area contributed by atoms with Crippen molar-refractivity contribution in [2.75, 3.05) is 6.61 Å². The highest BCUT2D eigenvalue weighted by Gasteiger charge is 2.74. The van der Waals surface area contributed by atoms with Crippen LogP contribution in [0.15, 0.2) is 15.8 Å². The maximum absolute atomic E-state index is 13.8. The van der Waals surface area contributed by atoms with Crippen molar-refractivity contribution in [1.29, 1.82) is 0 Å². The summed E-state index contributed by atoms with van der Waals surface area (Å²) < 4.78 is 95.6. The third-order valence-corrected chi connectivity index (χ3v) is 3.85. The Morgan fingerprint density at radius 3 is 2.07 bits per heavy atom. The summed E-state index contributed by atoms with van der Waals surface area (Å²) in [5, 5.41) is 28.2. The van der Waals surface area contributed by atoms with Crippen LogP contribution in [0.3, 0.4) is 0 Å². The number of aromatic nitrogens is 2. The molecule has 0 aliphatic carbocycles. The molecule has 1 saturated heterocycles. The molecule has 1 aromatic rings. The number of ether oxygens (including phenoxy) is 1. The molecule has 1 fully saturated rings. The molecule has 4 N–H and O–H groups in total. The second kappa shape index (κ2) is 6.57. The first-order valence-electron chi connectivity index (χ1n) is 6.97. The van der Waals surface area contributed by atoms with E-state index in [1.807, 2.05) is 0 Å². The highest BCUT2D eigenvalue weighted by Crippen LogP contribution is 2.50. The van der Waals surface area contributed by atoms with Crippen molar-refractivity contribution in [2.24, 2.45) is 0 Å². The molecule has 2 rings (SSSR count). The summed E-state index contributed by atoms with van der Waals surface area (Å²) in [5.41, 5.74) is -6.26. The first kappa shape index (κ1) is 21.3. The van der Waals surface area contributed by atoms with Crippen LogP contribution in [-0.2, 0) is 10.7 Å². The van der Waals surface area contributed by atoms with Gasteiger partial charge in [-0.15, -0.1) is 0 Å². The molecule has 4 atom stereocenters. The molecule has 0 spiro atoms. The fraction of sp³-hybridized carbons (Fsp3) is 0.667. The van der Waals surface area contributed by atoms with Gasteiger partial charge in [-0.1, -0.05) is 0 Å². The molecule has 15 heteroatoms. The highest BCUT2D eigenvalue weighted by molar-refractivity contribution is 5.18. The summed E-state index contributed by atoms with van der Waals surface area (Å²) in [6, 6.07) is 0. The number of hydrogen-bond donors (Lipinski definition) is 4. The summed E-state index contributed by atoms with van der Waals surface area (Å²) in [6.07, 6.45) is -14.6. The minimum absolute atomic E-state index is 0.0966. The monoisotopic (exact) mass is 412 g/mol. The fourth-order valence-corrected chi connectivity index (χ4v) is 2.36. The van der Waals surface area contributed by atoms with E-state index in [-0.39, 0.29) is 10.8 Å². The number of H-pyrrole nitrogens is 1. The Labute approximate surface area is 143 Å². The lowest BCUT2D eigenvalue weighted by atomic mass is 10.0. The topological polar surface area (TPSA) is 125 Å². The van der Waals surface area contributed by atoms with Crippen LogP contribution in [0, 0.1) is 0 Å². The first-order chi connectivity index (χ1) is 12.2. The molecule has 0 radical (unpaired) electrons. The normalized spacial score (nSPS) is 27.2. The van der Waals surface area contributed by atoms with Crippen LogP contribution in [0.2, 0.25) is 0 Å². The number of halogens is 7. The van der Waals surface area contributed by atoms with Gasteiger partial charge in [-0.25, -0.2) is 4.79 Å². The van der Waals surface area contributed by atoms with Gasteiger partial charge in [-0.2, -0.15) is 30.7 Å². The molecule has 0 amide bonds. The Hall–Kier alpha value is -1.97. The number of rotatable bonds is 4. The number of aromatic amines is 1. The maximum Gasteiger partial charge on any atom is 0.460 e.